The first-order chi connectivity index (χ1) is 12.4. The van der Waals surface area contributed by atoms with Gasteiger partial charge in [0.2, 0.25) is 5.91 Å². The Hall–Kier alpha value is -2.15. The first-order valence-corrected chi connectivity index (χ1v) is 9.68. The normalized spacial score (nSPS) is 12.4. The number of hydrogen-bond donors (Lipinski definition) is 0. The van der Waals surface area contributed by atoms with Gasteiger partial charge in [-0.3, -0.25) is 14.3 Å². The average molecular weight is 374 g/mol. The zero-order chi connectivity index (χ0) is 19.3. The van der Waals surface area contributed by atoms with E-state index in [2.05, 4.69) is 21.8 Å². The summed E-state index contributed by atoms with van der Waals surface area (Å²) in [6.45, 7) is 14.5. The van der Waals surface area contributed by atoms with E-state index in [1.165, 1.54) is 11.8 Å². The lowest BCUT2D eigenvalue weighted by Crippen LogP contribution is -2.45. The van der Waals surface area contributed by atoms with Gasteiger partial charge in [-0.05, 0) is 46.8 Å². The lowest BCUT2D eigenvalue weighted by Gasteiger charge is -2.32. The maximum Gasteiger partial charge on any atom is 0.236 e. The van der Waals surface area contributed by atoms with E-state index in [0.29, 0.717) is 11.7 Å². The number of carbonyl (C=O) groups excluding carboxylic acids is 1. The van der Waals surface area contributed by atoms with Crippen LogP contribution in [0.1, 0.15) is 34.6 Å². The maximum absolute atomic E-state index is 12.9. The van der Waals surface area contributed by atoms with Crippen LogP contribution in [0.4, 0.5) is 0 Å². The molecule has 0 aliphatic heterocycles. The summed E-state index contributed by atoms with van der Waals surface area (Å²) in [6.07, 6.45) is 5.26. The Balaban J connectivity index is 2.27. The molecule has 1 atom stereocenters. The second kappa shape index (κ2) is 8.98. The van der Waals surface area contributed by atoms with Crippen molar-refractivity contribution in [3.8, 4) is 11.4 Å². The van der Waals surface area contributed by atoms with E-state index < -0.39 is 0 Å². The number of amides is 1. The molecular formula is C19H27N5OS. The van der Waals surface area contributed by atoms with Crippen LogP contribution in [0.15, 0.2) is 42.3 Å². The molecule has 2 aromatic rings. The van der Waals surface area contributed by atoms with Crippen molar-refractivity contribution in [1.29, 1.82) is 0 Å². The fourth-order valence-electron chi connectivity index (χ4n) is 2.91. The standard InChI is InChI=1S/C19H27N5OS/c1-7-12-23-17(16-8-10-20-11-9-16)21-22-19(23)26-15(6)18(25)24(13(2)3)14(4)5/h7-11,13-15H,1,12H2,2-6H3. The van der Waals surface area contributed by atoms with Gasteiger partial charge in [0, 0.05) is 36.6 Å². The van der Waals surface area contributed by atoms with Gasteiger partial charge in [-0.25, -0.2) is 0 Å². The van der Waals surface area contributed by atoms with E-state index in [0.717, 1.165) is 11.4 Å². The summed E-state index contributed by atoms with van der Waals surface area (Å²) < 4.78 is 1.98. The van der Waals surface area contributed by atoms with E-state index in [-0.39, 0.29) is 23.2 Å². The van der Waals surface area contributed by atoms with Gasteiger partial charge >= 0.3 is 0 Å². The number of nitrogens with zero attached hydrogens (tertiary/aromatic N) is 5. The number of pyridine rings is 1. The molecule has 2 aromatic heterocycles. The zero-order valence-corrected chi connectivity index (χ0v) is 16.9. The lowest BCUT2D eigenvalue weighted by molar-refractivity contribution is -0.133. The zero-order valence-electron chi connectivity index (χ0n) is 16.1. The second-order valence-electron chi connectivity index (χ2n) is 6.63. The van der Waals surface area contributed by atoms with Gasteiger partial charge in [-0.15, -0.1) is 16.8 Å². The predicted molar refractivity (Wildman–Crippen MR) is 106 cm³/mol. The van der Waals surface area contributed by atoms with Crippen LogP contribution in [0.25, 0.3) is 11.4 Å². The van der Waals surface area contributed by atoms with Gasteiger partial charge in [-0.1, -0.05) is 17.8 Å². The minimum absolute atomic E-state index is 0.110. The van der Waals surface area contributed by atoms with Crippen molar-refractivity contribution in [2.75, 3.05) is 0 Å². The van der Waals surface area contributed by atoms with Gasteiger partial charge in [-0.2, -0.15) is 0 Å². The monoisotopic (exact) mass is 373 g/mol. The molecular weight excluding hydrogens is 346 g/mol. The molecule has 0 radical (unpaired) electrons. The fourth-order valence-corrected chi connectivity index (χ4v) is 3.82. The molecule has 0 fully saturated rings. The Labute approximate surface area is 159 Å². The molecule has 0 N–H and O–H groups in total. The third-order valence-corrected chi connectivity index (χ3v) is 5.03. The van der Waals surface area contributed by atoms with Crippen LogP contribution < -0.4 is 0 Å². The third-order valence-electron chi connectivity index (χ3n) is 3.96. The maximum atomic E-state index is 12.9. The first kappa shape index (κ1) is 20.2. The number of allylic oxidation sites excluding steroid dienone is 1. The van der Waals surface area contributed by atoms with Gasteiger partial charge in [0.1, 0.15) is 0 Å². The van der Waals surface area contributed by atoms with Crippen LogP contribution in [-0.2, 0) is 11.3 Å². The Morgan fingerprint density at radius 2 is 1.81 bits per heavy atom. The molecule has 0 aliphatic rings. The summed E-state index contributed by atoms with van der Waals surface area (Å²) in [6, 6.07) is 4.10. The highest BCUT2D eigenvalue weighted by atomic mass is 32.2. The van der Waals surface area contributed by atoms with Crippen molar-refractivity contribution >= 4 is 17.7 Å². The molecule has 1 unspecified atom stereocenters. The van der Waals surface area contributed by atoms with Gasteiger partial charge < -0.3 is 4.90 Å². The molecule has 2 rings (SSSR count). The molecule has 0 saturated carbocycles. The molecule has 26 heavy (non-hydrogen) atoms. The van der Waals surface area contributed by atoms with E-state index in [1.807, 2.05) is 56.2 Å². The van der Waals surface area contributed by atoms with Crippen LogP contribution in [0.2, 0.25) is 0 Å². The Morgan fingerprint density at radius 3 is 2.35 bits per heavy atom. The van der Waals surface area contributed by atoms with Crippen LogP contribution in [-0.4, -0.2) is 47.9 Å². The Morgan fingerprint density at radius 1 is 1.19 bits per heavy atom. The summed E-state index contributed by atoms with van der Waals surface area (Å²) in [5, 5.41) is 9.10. The SMILES string of the molecule is C=CCn1c(SC(C)C(=O)N(C(C)C)C(C)C)nnc1-c1ccncc1. The molecule has 0 aromatic carbocycles. The van der Waals surface area contributed by atoms with Crippen molar-refractivity contribution < 1.29 is 4.79 Å². The highest BCUT2D eigenvalue weighted by molar-refractivity contribution is 8.00. The number of hydrogen-bond acceptors (Lipinski definition) is 5. The van der Waals surface area contributed by atoms with Crippen molar-refractivity contribution in [3.05, 3.63) is 37.2 Å². The van der Waals surface area contributed by atoms with E-state index in [4.69, 9.17) is 0 Å². The molecule has 1 amide bonds. The molecule has 0 saturated heterocycles. The topological polar surface area (TPSA) is 63.9 Å². The van der Waals surface area contributed by atoms with Crippen molar-refractivity contribution in [3.63, 3.8) is 0 Å². The quantitative estimate of drug-likeness (QED) is 0.522. The van der Waals surface area contributed by atoms with Crippen LogP contribution >= 0.6 is 11.8 Å². The van der Waals surface area contributed by atoms with Gasteiger partial charge in [0.05, 0.1) is 5.25 Å². The van der Waals surface area contributed by atoms with E-state index in [1.54, 1.807) is 18.5 Å². The van der Waals surface area contributed by atoms with Gasteiger partial charge in [0.25, 0.3) is 0 Å². The van der Waals surface area contributed by atoms with E-state index in [9.17, 15) is 4.79 Å². The number of aromatic nitrogens is 4. The van der Waals surface area contributed by atoms with E-state index >= 15 is 0 Å². The summed E-state index contributed by atoms with van der Waals surface area (Å²) in [4.78, 5) is 18.9. The molecule has 0 spiro atoms. The minimum atomic E-state index is -0.252. The van der Waals surface area contributed by atoms with Crippen molar-refractivity contribution in [2.45, 2.75) is 63.7 Å². The summed E-state index contributed by atoms with van der Waals surface area (Å²) in [5.74, 6) is 0.859. The van der Waals surface area contributed by atoms with Gasteiger partial charge in [0.15, 0.2) is 11.0 Å². The fraction of sp³-hybridized carbons (Fsp3) is 0.474. The van der Waals surface area contributed by atoms with Crippen molar-refractivity contribution in [2.24, 2.45) is 0 Å². The molecule has 7 heteroatoms. The summed E-state index contributed by atoms with van der Waals surface area (Å²) >= 11 is 1.43. The summed E-state index contributed by atoms with van der Waals surface area (Å²) in [7, 11) is 0. The number of carbonyl (C=O) groups is 1. The molecule has 2 heterocycles. The number of thioether (sulfide) groups is 1. The van der Waals surface area contributed by atoms with Crippen LogP contribution in [0.5, 0.6) is 0 Å². The predicted octanol–water partition coefficient (Wildman–Crippen LogP) is 3.65. The Kier molecular flexibility index (Phi) is 6.97. The Bertz CT molecular complexity index is 734. The van der Waals surface area contributed by atoms with Crippen molar-refractivity contribution in [1.82, 2.24) is 24.6 Å². The first-order valence-electron chi connectivity index (χ1n) is 8.80. The highest BCUT2D eigenvalue weighted by Crippen LogP contribution is 2.28. The smallest absolute Gasteiger partial charge is 0.236 e. The second-order valence-corrected chi connectivity index (χ2v) is 7.94. The highest BCUT2D eigenvalue weighted by Gasteiger charge is 2.27. The lowest BCUT2D eigenvalue weighted by atomic mass is 10.2. The third kappa shape index (κ3) is 4.52. The molecule has 6 nitrogen and oxygen atoms in total. The molecule has 0 aliphatic carbocycles. The van der Waals surface area contributed by atoms with Crippen LogP contribution in [0, 0.1) is 0 Å². The summed E-state index contributed by atoms with van der Waals surface area (Å²) in [5.41, 5.74) is 0.936. The molecule has 140 valence electrons. The van der Waals surface area contributed by atoms with Crippen LogP contribution in [0.3, 0.4) is 0 Å². The molecule has 0 bridgehead atoms. The average Bonchev–Trinajstić information content (AvgIpc) is 2.98. The number of rotatable bonds is 8. The largest absolute Gasteiger partial charge is 0.337 e. The minimum Gasteiger partial charge on any atom is -0.337 e.